The second kappa shape index (κ2) is 11.8. The number of carbonyl (C=O) groups excluding carboxylic acids is 4. The van der Waals surface area contributed by atoms with Crippen LogP contribution in [-0.2, 0) is 14.4 Å². The molecule has 1 aliphatic heterocycles. The van der Waals surface area contributed by atoms with E-state index in [1.165, 1.54) is 12.1 Å². The van der Waals surface area contributed by atoms with Crippen molar-refractivity contribution in [2.45, 2.75) is 20.8 Å². The van der Waals surface area contributed by atoms with Gasteiger partial charge < -0.3 is 14.8 Å². The standard InChI is InChI=1S/C29H26ClN3O6/c1-4-38-25-14-19(10-12-24(25)39-16-26(34)31-22-8-6-5-7-17(22)2)13-21-27(35)32-29(37)33(28(21)36)23-15-20(30)11-9-18(23)3/h5-15H,4,16H2,1-3H3,(H,31,34)(H,32,35,37)/b21-13+. The Balaban J connectivity index is 1.56. The fourth-order valence-corrected chi connectivity index (χ4v) is 4.08. The number of amides is 5. The largest absolute Gasteiger partial charge is 0.490 e. The maximum Gasteiger partial charge on any atom is 0.335 e. The van der Waals surface area contributed by atoms with E-state index in [0.29, 0.717) is 39.9 Å². The number of rotatable bonds is 8. The van der Waals surface area contributed by atoms with Crippen molar-refractivity contribution >= 4 is 52.8 Å². The highest BCUT2D eigenvalue weighted by Gasteiger charge is 2.37. The molecule has 200 valence electrons. The summed E-state index contributed by atoms with van der Waals surface area (Å²) < 4.78 is 11.4. The second-order valence-electron chi connectivity index (χ2n) is 8.68. The molecule has 10 heteroatoms. The van der Waals surface area contributed by atoms with Gasteiger partial charge in [-0.05, 0) is 73.9 Å². The molecule has 0 aromatic heterocycles. The van der Waals surface area contributed by atoms with E-state index in [2.05, 4.69) is 10.6 Å². The highest BCUT2D eigenvalue weighted by atomic mass is 35.5. The first-order valence-corrected chi connectivity index (χ1v) is 12.5. The minimum atomic E-state index is -0.866. The number of urea groups is 1. The smallest absolute Gasteiger partial charge is 0.335 e. The third-order valence-corrected chi connectivity index (χ3v) is 6.11. The van der Waals surface area contributed by atoms with Crippen LogP contribution in [0.4, 0.5) is 16.2 Å². The van der Waals surface area contributed by atoms with Crippen molar-refractivity contribution in [1.29, 1.82) is 0 Å². The molecule has 0 bridgehead atoms. The molecule has 1 fully saturated rings. The number of anilines is 2. The number of carbonyl (C=O) groups is 4. The lowest BCUT2D eigenvalue weighted by molar-refractivity contribution is -0.122. The van der Waals surface area contributed by atoms with E-state index in [9.17, 15) is 19.2 Å². The first-order chi connectivity index (χ1) is 18.7. The van der Waals surface area contributed by atoms with Crippen LogP contribution in [-0.4, -0.2) is 37.0 Å². The maximum absolute atomic E-state index is 13.3. The molecule has 0 atom stereocenters. The van der Waals surface area contributed by atoms with Crippen LogP contribution in [0.15, 0.2) is 66.2 Å². The van der Waals surface area contributed by atoms with E-state index in [4.69, 9.17) is 21.1 Å². The highest BCUT2D eigenvalue weighted by molar-refractivity contribution is 6.39. The molecule has 1 saturated heterocycles. The molecule has 0 unspecified atom stereocenters. The van der Waals surface area contributed by atoms with Crippen molar-refractivity contribution in [3.05, 3.63) is 87.9 Å². The van der Waals surface area contributed by atoms with E-state index in [1.807, 2.05) is 25.1 Å². The number of hydrogen-bond donors (Lipinski definition) is 2. The molecule has 3 aromatic carbocycles. The number of para-hydroxylation sites is 1. The Morgan fingerprint density at radius 1 is 0.974 bits per heavy atom. The molecule has 2 N–H and O–H groups in total. The molecular formula is C29H26ClN3O6. The fourth-order valence-electron chi connectivity index (χ4n) is 3.91. The molecule has 0 radical (unpaired) electrons. The van der Waals surface area contributed by atoms with Crippen molar-refractivity contribution in [1.82, 2.24) is 5.32 Å². The number of hydrogen-bond acceptors (Lipinski definition) is 6. The van der Waals surface area contributed by atoms with Gasteiger partial charge in [-0.25, -0.2) is 9.69 Å². The summed E-state index contributed by atoms with van der Waals surface area (Å²) in [5.41, 5.74) is 2.71. The summed E-state index contributed by atoms with van der Waals surface area (Å²) in [6.45, 7) is 5.45. The van der Waals surface area contributed by atoms with Gasteiger partial charge in [-0.1, -0.05) is 41.9 Å². The number of imide groups is 2. The number of benzene rings is 3. The molecule has 1 heterocycles. The van der Waals surface area contributed by atoms with E-state index in [0.717, 1.165) is 10.5 Å². The number of nitrogens with one attached hydrogen (secondary N) is 2. The normalized spacial score (nSPS) is 14.3. The zero-order valence-electron chi connectivity index (χ0n) is 21.5. The molecular weight excluding hydrogens is 522 g/mol. The summed E-state index contributed by atoms with van der Waals surface area (Å²) in [6.07, 6.45) is 1.36. The van der Waals surface area contributed by atoms with Crippen molar-refractivity contribution in [2.24, 2.45) is 0 Å². The topological polar surface area (TPSA) is 114 Å². The zero-order chi connectivity index (χ0) is 28.1. The van der Waals surface area contributed by atoms with Crippen molar-refractivity contribution in [2.75, 3.05) is 23.4 Å². The van der Waals surface area contributed by atoms with E-state index in [-0.39, 0.29) is 23.8 Å². The first-order valence-electron chi connectivity index (χ1n) is 12.1. The van der Waals surface area contributed by atoms with Crippen molar-refractivity contribution < 1.29 is 28.7 Å². The quantitative estimate of drug-likeness (QED) is 0.302. The summed E-state index contributed by atoms with van der Waals surface area (Å²) in [7, 11) is 0. The SMILES string of the molecule is CCOc1cc(/C=C2\C(=O)NC(=O)N(c3cc(Cl)ccc3C)C2=O)ccc1OCC(=O)Nc1ccccc1C. The van der Waals surface area contributed by atoms with Crippen LogP contribution in [0.1, 0.15) is 23.6 Å². The summed E-state index contributed by atoms with van der Waals surface area (Å²) in [6, 6.07) is 16.1. The number of ether oxygens (including phenoxy) is 2. The average Bonchev–Trinajstić information content (AvgIpc) is 2.89. The van der Waals surface area contributed by atoms with Gasteiger partial charge in [0.15, 0.2) is 18.1 Å². The van der Waals surface area contributed by atoms with Gasteiger partial charge in [0.1, 0.15) is 5.57 Å². The molecule has 0 saturated carbocycles. The van der Waals surface area contributed by atoms with Crippen LogP contribution in [0.25, 0.3) is 6.08 Å². The van der Waals surface area contributed by atoms with Gasteiger partial charge in [-0.3, -0.25) is 19.7 Å². The molecule has 9 nitrogen and oxygen atoms in total. The summed E-state index contributed by atoms with van der Waals surface area (Å²) in [5.74, 6) is -1.33. The Morgan fingerprint density at radius 2 is 1.74 bits per heavy atom. The Morgan fingerprint density at radius 3 is 2.49 bits per heavy atom. The third-order valence-electron chi connectivity index (χ3n) is 5.87. The molecule has 0 aliphatic carbocycles. The Labute approximate surface area is 230 Å². The van der Waals surface area contributed by atoms with Crippen LogP contribution >= 0.6 is 11.6 Å². The molecule has 3 aromatic rings. The highest BCUT2D eigenvalue weighted by Crippen LogP contribution is 2.31. The van der Waals surface area contributed by atoms with Crippen LogP contribution < -0.4 is 25.0 Å². The van der Waals surface area contributed by atoms with E-state index in [1.54, 1.807) is 50.2 Å². The van der Waals surface area contributed by atoms with Gasteiger partial charge in [-0.2, -0.15) is 0 Å². The predicted molar refractivity (Wildman–Crippen MR) is 148 cm³/mol. The van der Waals surface area contributed by atoms with Crippen LogP contribution in [0.5, 0.6) is 11.5 Å². The van der Waals surface area contributed by atoms with Crippen LogP contribution in [0, 0.1) is 13.8 Å². The third kappa shape index (κ3) is 6.27. The summed E-state index contributed by atoms with van der Waals surface area (Å²) in [5, 5.41) is 5.33. The predicted octanol–water partition coefficient (Wildman–Crippen LogP) is 5.04. The van der Waals surface area contributed by atoms with Gasteiger partial charge in [0.05, 0.1) is 12.3 Å². The monoisotopic (exact) mass is 547 g/mol. The number of barbiturate groups is 1. The van der Waals surface area contributed by atoms with Gasteiger partial charge >= 0.3 is 6.03 Å². The molecule has 39 heavy (non-hydrogen) atoms. The van der Waals surface area contributed by atoms with Gasteiger partial charge in [0.25, 0.3) is 17.7 Å². The molecule has 1 aliphatic rings. The first kappa shape index (κ1) is 27.4. The number of halogens is 1. The van der Waals surface area contributed by atoms with E-state index < -0.39 is 17.8 Å². The Bertz CT molecular complexity index is 1500. The lowest BCUT2D eigenvalue weighted by Crippen LogP contribution is -2.54. The fraction of sp³-hybridized carbons (Fsp3) is 0.172. The minimum absolute atomic E-state index is 0.247. The van der Waals surface area contributed by atoms with E-state index >= 15 is 0 Å². The lowest BCUT2D eigenvalue weighted by atomic mass is 10.1. The summed E-state index contributed by atoms with van der Waals surface area (Å²) in [4.78, 5) is 51.7. The van der Waals surface area contributed by atoms with Crippen molar-refractivity contribution in [3.63, 3.8) is 0 Å². The zero-order valence-corrected chi connectivity index (χ0v) is 22.3. The number of nitrogens with zero attached hydrogens (tertiary/aromatic N) is 1. The van der Waals surface area contributed by atoms with Crippen LogP contribution in [0.2, 0.25) is 5.02 Å². The molecule has 4 rings (SSSR count). The second-order valence-corrected chi connectivity index (χ2v) is 9.12. The van der Waals surface area contributed by atoms with Gasteiger partial charge in [0, 0.05) is 10.7 Å². The Hall–Kier alpha value is -4.63. The van der Waals surface area contributed by atoms with Gasteiger partial charge in [0.2, 0.25) is 0 Å². The minimum Gasteiger partial charge on any atom is -0.490 e. The lowest BCUT2D eigenvalue weighted by Gasteiger charge is -2.27. The van der Waals surface area contributed by atoms with Crippen molar-refractivity contribution in [3.8, 4) is 11.5 Å². The molecule has 5 amide bonds. The average molecular weight is 548 g/mol. The molecule has 0 spiro atoms. The van der Waals surface area contributed by atoms with Crippen LogP contribution in [0.3, 0.4) is 0 Å². The maximum atomic E-state index is 13.3. The van der Waals surface area contributed by atoms with Gasteiger partial charge in [-0.15, -0.1) is 0 Å². The Kier molecular flexibility index (Phi) is 8.31. The number of aryl methyl sites for hydroxylation is 2. The summed E-state index contributed by atoms with van der Waals surface area (Å²) >= 11 is 6.08.